The first-order valence-electron chi connectivity index (χ1n) is 13.3. The summed E-state index contributed by atoms with van der Waals surface area (Å²) in [5.74, 6) is -0.358. The Bertz CT molecular complexity index is 1520. The minimum atomic E-state index is -4.28. The van der Waals surface area contributed by atoms with E-state index in [1.807, 2.05) is 27.7 Å². The van der Waals surface area contributed by atoms with Crippen molar-refractivity contribution in [1.29, 1.82) is 0 Å². The Kier molecular flexibility index (Phi) is 10.5. The van der Waals surface area contributed by atoms with Gasteiger partial charge < -0.3 is 19.7 Å². The van der Waals surface area contributed by atoms with E-state index in [0.29, 0.717) is 22.0 Å². The van der Waals surface area contributed by atoms with Gasteiger partial charge in [0.15, 0.2) is 11.5 Å². The minimum absolute atomic E-state index is 0.0380. The number of carbonyl (C=O) groups is 2. The first-order valence-corrected chi connectivity index (χ1v) is 15.2. The Labute approximate surface area is 253 Å². The molecule has 0 aliphatic carbocycles. The summed E-state index contributed by atoms with van der Waals surface area (Å²) in [6.45, 7) is 8.50. The number of methoxy groups -OCH3 is 2. The fourth-order valence-electron chi connectivity index (χ4n) is 4.23. The highest BCUT2D eigenvalue weighted by Crippen LogP contribution is 2.32. The van der Waals surface area contributed by atoms with E-state index in [-0.39, 0.29) is 23.1 Å². The molecule has 0 aromatic heterocycles. The molecule has 3 aromatic carbocycles. The van der Waals surface area contributed by atoms with Crippen molar-refractivity contribution in [2.24, 2.45) is 0 Å². The van der Waals surface area contributed by atoms with Gasteiger partial charge in [0.05, 0.1) is 24.8 Å². The van der Waals surface area contributed by atoms with E-state index in [2.05, 4.69) is 5.32 Å². The van der Waals surface area contributed by atoms with Crippen molar-refractivity contribution in [3.8, 4) is 11.5 Å². The third-order valence-electron chi connectivity index (χ3n) is 6.45. The van der Waals surface area contributed by atoms with Gasteiger partial charge in [0.2, 0.25) is 11.8 Å². The number of anilines is 1. The number of carbonyl (C=O) groups excluding carboxylic acids is 2. The zero-order chi connectivity index (χ0) is 31.2. The molecule has 0 radical (unpaired) electrons. The SMILES string of the molecule is COc1ccc(S(=O)(=O)N(CC(=O)N(Cc2cccc(Cl)c2)[C@@H](C)C(=O)NC(C)(C)C)c2ccc(C)cc2)cc1OC. The lowest BCUT2D eigenvalue weighted by Gasteiger charge is -2.33. The van der Waals surface area contributed by atoms with Crippen molar-refractivity contribution >= 4 is 39.1 Å². The van der Waals surface area contributed by atoms with Crippen molar-refractivity contribution in [3.63, 3.8) is 0 Å². The molecule has 0 aliphatic heterocycles. The molecule has 0 spiro atoms. The molecule has 0 fully saturated rings. The van der Waals surface area contributed by atoms with Crippen LogP contribution >= 0.6 is 11.6 Å². The van der Waals surface area contributed by atoms with Gasteiger partial charge in [0.25, 0.3) is 10.0 Å². The van der Waals surface area contributed by atoms with Crippen LogP contribution in [-0.2, 0) is 26.2 Å². The lowest BCUT2D eigenvalue weighted by Crippen LogP contribution is -2.54. The molecule has 3 rings (SSSR count). The molecule has 0 aliphatic rings. The average molecular weight is 616 g/mol. The molecule has 0 saturated carbocycles. The summed E-state index contributed by atoms with van der Waals surface area (Å²) in [6, 6.07) is 17.1. The Morgan fingerprint density at radius 3 is 2.17 bits per heavy atom. The summed E-state index contributed by atoms with van der Waals surface area (Å²) in [5.41, 5.74) is 1.36. The van der Waals surface area contributed by atoms with Crippen LogP contribution in [-0.4, -0.2) is 57.5 Å². The summed E-state index contributed by atoms with van der Waals surface area (Å²) in [7, 11) is -1.42. The highest BCUT2D eigenvalue weighted by Gasteiger charge is 2.33. The van der Waals surface area contributed by atoms with E-state index in [1.54, 1.807) is 55.5 Å². The fraction of sp³-hybridized carbons (Fsp3) is 0.355. The van der Waals surface area contributed by atoms with Crippen LogP contribution < -0.4 is 19.1 Å². The van der Waals surface area contributed by atoms with Gasteiger partial charge in [0, 0.05) is 23.2 Å². The van der Waals surface area contributed by atoms with Crippen LogP contribution in [0.2, 0.25) is 5.02 Å². The number of ether oxygens (including phenoxy) is 2. The molecule has 3 aromatic rings. The molecule has 11 heteroatoms. The molecule has 42 heavy (non-hydrogen) atoms. The second kappa shape index (κ2) is 13.5. The summed E-state index contributed by atoms with van der Waals surface area (Å²) in [4.78, 5) is 28.5. The van der Waals surface area contributed by atoms with Gasteiger partial charge >= 0.3 is 0 Å². The van der Waals surface area contributed by atoms with E-state index in [9.17, 15) is 18.0 Å². The van der Waals surface area contributed by atoms with E-state index in [4.69, 9.17) is 21.1 Å². The highest BCUT2D eigenvalue weighted by atomic mass is 35.5. The van der Waals surface area contributed by atoms with E-state index in [0.717, 1.165) is 9.87 Å². The van der Waals surface area contributed by atoms with Crippen LogP contribution in [0.3, 0.4) is 0 Å². The Morgan fingerprint density at radius 2 is 1.60 bits per heavy atom. The number of rotatable bonds is 11. The normalized spacial score (nSPS) is 12.3. The van der Waals surface area contributed by atoms with Gasteiger partial charge in [-0.05, 0) is 76.6 Å². The zero-order valence-electron chi connectivity index (χ0n) is 25.0. The monoisotopic (exact) mass is 615 g/mol. The van der Waals surface area contributed by atoms with Crippen molar-refractivity contribution in [1.82, 2.24) is 10.2 Å². The molecule has 2 amide bonds. The van der Waals surface area contributed by atoms with Gasteiger partial charge in [0.1, 0.15) is 12.6 Å². The van der Waals surface area contributed by atoms with E-state index < -0.39 is 34.1 Å². The summed E-state index contributed by atoms with van der Waals surface area (Å²) < 4.78 is 39.8. The lowest BCUT2D eigenvalue weighted by atomic mass is 10.1. The summed E-state index contributed by atoms with van der Waals surface area (Å²) in [5, 5.41) is 3.38. The van der Waals surface area contributed by atoms with Gasteiger partial charge in [-0.3, -0.25) is 13.9 Å². The molecule has 1 atom stereocenters. The number of nitrogens with one attached hydrogen (secondary N) is 1. The lowest BCUT2D eigenvalue weighted by molar-refractivity contribution is -0.140. The number of hydrogen-bond donors (Lipinski definition) is 1. The number of benzene rings is 3. The number of nitrogens with zero attached hydrogens (tertiary/aromatic N) is 2. The molecule has 1 N–H and O–H groups in total. The van der Waals surface area contributed by atoms with E-state index in [1.165, 1.54) is 37.3 Å². The predicted molar refractivity (Wildman–Crippen MR) is 165 cm³/mol. The Balaban J connectivity index is 2.08. The van der Waals surface area contributed by atoms with Gasteiger partial charge in [-0.2, -0.15) is 0 Å². The van der Waals surface area contributed by atoms with Crippen LogP contribution in [0.25, 0.3) is 0 Å². The predicted octanol–water partition coefficient (Wildman–Crippen LogP) is 5.19. The Hall–Kier alpha value is -3.76. The van der Waals surface area contributed by atoms with Crippen molar-refractivity contribution in [3.05, 3.63) is 82.9 Å². The van der Waals surface area contributed by atoms with Gasteiger partial charge in [-0.1, -0.05) is 41.4 Å². The number of sulfonamides is 1. The molecule has 226 valence electrons. The number of aryl methyl sites for hydroxylation is 1. The third-order valence-corrected chi connectivity index (χ3v) is 8.46. The van der Waals surface area contributed by atoms with Crippen LogP contribution in [0.5, 0.6) is 11.5 Å². The average Bonchev–Trinajstić information content (AvgIpc) is 2.93. The molecular weight excluding hydrogens is 578 g/mol. The van der Waals surface area contributed by atoms with Gasteiger partial charge in [-0.15, -0.1) is 0 Å². The van der Waals surface area contributed by atoms with Crippen molar-refractivity contribution in [2.75, 3.05) is 25.1 Å². The maximum Gasteiger partial charge on any atom is 0.264 e. The first-order chi connectivity index (χ1) is 19.7. The van der Waals surface area contributed by atoms with Crippen molar-refractivity contribution in [2.45, 2.75) is 57.6 Å². The number of amides is 2. The molecule has 0 saturated heterocycles. The largest absolute Gasteiger partial charge is 0.493 e. The van der Waals surface area contributed by atoms with Crippen LogP contribution in [0, 0.1) is 6.92 Å². The Morgan fingerprint density at radius 1 is 0.952 bits per heavy atom. The van der Waals surface area contributed by atoms with Crippen LogP contribution in [0.15, 0.2) is 71.6 Å². The highest BCUT2D eigenvalue weighted by molar-refractivity contribution is 7.92. The fourth-order valence-corrected chi connectivity index (χ4v) is 5.88. The second-order valence-electron chi connectivity index (χ2n) is 10.9. The van der Waals surface area contributed by atoms with E-state index >= 15 is 0 Å². The first kappa shape index (κ1) is 32.8. The van der Waals surface area contributed by atoms with Gasteiger partial charge in [-0.25, -0.2) is 8.42 Å². The molecule has 9 nitrogen and oxygen atoms in total. The summed E-state index contributed by atoms with van der Waals surface area (Å²) in [6.07, 6.45) is 0. The quantitative estimate of drug-likeness (QED) is 0.318. The minimum Gasteiger partial charge on any atom is -0.493 e. The van der Waals surface area contributed by atoms with Crippen molar-refractivity contribution < 1.29 is 27.5 Å². The maximum absolute atomic E-state index is 14.1. The standard InChI is InChI=1S/C31H38ClN3O6S/c1-21-11-13-25(14-12-21)35(42(38,39)26-15-16-27(40-6)28(18-26)41-7)20-29(36)34(19-23-9-8-10-24(32)17-23)22(2)30(37)33-31(3,4)5/h8-18,22H,19-20H2,1-7H3,(H,33,37)/t22-/m0/s1. The smallest absolute Gasteiger partial charge is 0.264 e. The maximum atomic E-state index is 14.1. The molecule has 0 unspecified atom stereocenters. The number of hydrogen-bond acceptors (Lipinski definition) is 6. The zero-order valence-corrected chi connectivity index (χ0v) is 26.5. The molecule has 0 heterocycles. The topological polar surface area (TPSA) is 105 Å². The second-order valence-corrected chi connectivity index (χ2v) is 13.2. The third kappa shape index (κ3) is 8.17. The van der Waals surface area contributed by atoms with Crippen LogP contribution in [0.4, 0.5) is 5.69 Å². The van der Waals surface area contributed by atoms with Crippen LogP contribution in [0.1, 0.15) is 38.8 Å². The summed E-state index contributed by atoms with van der Waals surface area (Å²) >= 11 is 6.20. The number of halogens is 1. The molecular formula is C31H38ClN3O6S. The molecule has 0 bridgehead atoms.